The Kier molecular flexibility index (Phi) is 3.91. The average Bonchev–Trinajstić information content (AvgIpc) is 2.99. The largest absolute Gasteiger partial charge is 0.328 e. The summed E-state index contributed by atoms with van der Waals surface area (Å²) >= 11 is 0. The number of nitriles is 2. The van der Waals surface area contributed by atoms with Crippen LogP contribution in [0.1, 0.15) is 48.4 Å². The molecule has 0 aliphatic heterocycles. The second kappa shape index (κ2) is 6.01. The highest BCUT2D eigenvalue weighted by Gasteiger charge is 2.26. The van der Waals surface area contributed by atoms with Gasteiger partial charge < -0.3 is 5.73 Å². The molecule has 22 heavy (non-hydrogen) atoms. The number of rotatable bonds is 2. The van der Waals surface area contributed by atoms with Crippen LogP contribution < -0.4 is 5.73 Å². The molecule has 0 bridgehead atoms. The monoisotopic (exact) mass is 291 g/mol. The highest BCUT2D eigenvalue weighted by Crippen LogP contribution is 2.35. The number of nitrogens with zero attached hydrogens (tertiary/aromatic N) is 3. The van der Waals surface area contributed by atoms with Gasteiger partial charge >= 0.3 is 0 Å². The first kappa shape index (κ1) is 14.3. The maximum atomic E-state index is 9.56. The minimum Gasteiger partial charge on any atom is -0.328 e. The van der Waals surface area contributed by atoms with Gasteiger partial charge in [-0.15, -0.1) is 0 Å². The zero-order valence-electron chi connectivity index (χ0n) is 12.2. The molecule has 0 unspecified atom stereocenters. The Bertz CT molecular complexity index is 754. The number of aromatic nitrogens is 2. The van der Waals surface area contributed by atoms with E-state index in [1.54, 1.807) is 12.1 Å². The molecule has 1 aliphatic rings. The van der Waals surface area contributed by atoms with Crippen LogP contribution in [0.3, 0.4) is 0 Å². The minimum atomic E-state index is 0.275. The summed E-state index contributed by atoms with van der Waals surface area (Å²) in [5, 5.41) is 26.0. The van der Waals surface area contributed by atoms with E-state index in [4.69, 9.17) is 11.0 Å². The zero-order valence-corrected chi connectivity index (χ0v) is 12.2. The van der Waals surface area contributed by atoms with Crippen LogP contribution in [0.2, 0.25) is 0 Å². The van der Waals surface area contributed by atoms with E-state index in [1.807, 2.05) is 12.1 Å². The summed E-state index contributed by atoms with van der Waals surface area (Å²) < 4.78 is 0. The first-order valence-electron chi connectivity index (χ1n) is 7.47. The van der Waals surface area contributed by atoms with Crippen LogP contribution in [0.4, 0.5) is 0 Å². The molecule has 110 valence electrons. The molecule has 0 amide bonds. The molecule has 1 aromatic heterocycles. The molecule has 1 aromatic carbocycles. The molecule has 5 heteroatoms. The molecule has 2 aromatic rings. The van der Waals surface area contributed by atoms with Crippen molar-refractivity contribution in [3.05, 3.63) is 41.1 Å². The summed E-state index contributed by atoms with van der Waals surface area (Å²) in [6.45, 7) is 0. The van der Waals surface area contributed by atoms with Crippen LogP contribution in [0.5, 0.6) is 0 Å². The SMILES string of the molecule is N#Cc1cccc(-c2n[nH]c(C3CCC(N)CC3)c2C#N)c1. The Morgan fingerprint density at radius 3 is 2.59 bits per heavy atom. The number of benzene rings is 1. The van der Waals surface area contributed by atoms with Crippen molar-refractivity contribution in [2.45, 2.75) is 37.6 Å². The molecular formula is C17H17N5. The molecular weight excluding hydrogens is 274 g/mol. The minimum absolute atomic E-state index is 0.275. The summed E-state index contributed by atoms with van der Waals surface area (Å²) in [6, 6.07) is 11.9. The van der Waals surface area contributed by atoms with E-state index < -0.39 is 0 Å². The second-order valence-electron chi connectivity index (χ2n) is 5.78. The van der Waals surface area contributed by atoms with Crippen molar-refractivity contribution >= 4 is 0 Å². The quantitative estimate of drug-likeness (QED) is 0.888. The molecule has 0 saturated heterocycles. The van der Waals surface area contributed by atoms with Crippen molar-refractivity contribution in [2.75, 3.05) is 0 Å². The molecule has 0 spiro atoms. The fraction of sp³-hybridized carbons (Fsp3) is 0.353. The van der Waals surface area contributed by atoms with E-state index in [2.05, 4.69) is 22.3 Å². The number of H-pyrrole nitrogens is 1. The van der Waals surface area contributed by atoms with Crippen molar-refractivity contribution in [1.29, 1.82) is 10.5 Å². The third kappa shape index (κ3) is 2.59. The Morgan fingerprint density at radius 1 is 1.14 bits per heavy atom. The lowest BCUT2D eigenvalue weighted by atomic mass is 9.83. The highest BCUT2D eigenvalue weighted by molar-refractivity contribution is 5.69. The lowest BCUT2D eigenvalue weighted by Gasteiger charge is -2.25. The smallest absolute Gasteiger partial charge is 0.110 e. The third-order valence-electron chi connectivity index (χ3n) is 4.35. The van der Waals surface area contributed by atoms with Crippen LogP contribution in [0.15, 0.2) is 24.3 Å². The molecule has 3 N–H and O–H groups in total. The summed E-state index contributed by atoms with van der Waals surface area (Å²) in [5.41, 5.74) is 9.44. The lowest BCUT2D eigenvalue weighted by Crippen LogP contribution is -2.26. The van der Waals surface area contributed by atoms with Crippen molar-refractivity contribution in [2.24, 2.45) is 5.73 Å². The van der Waals surface area contributed by atoms with Gasteiger partial charge in [-0.3, -0.25) is 5.10 Å². The van der Waals surface area contributed by atoms with Gasteiger partial charge in [0, 0.05) is 17.5 Å². The average molecular weight is 291 g/mol. The van der Waals surface area contributed by atoms with Crippen molar-refractivity contribution < 1.29 is 0 Å². The predicted molar refractivity (Wildman–Crippen MR) is 82.6 cm³/mol. The molecule has 3 rings (SSSR count). The van der Waals surface area contributed by atoms with Gasteiger partial charge in [-0.1, -0.05) is 12.1 Å². The first-order valence-corrected chi connectivity index (χ1v) is 7.47. The van der Waals surface area contributed by atoms with Gasteiger partial charge in [0.15, 0.2) is 0 Å². The van der Waals surface area contributed by atoms with Gasteiger partial charge in [-0.2, -0.15) is 15.6 Å². The summed E-state index contributed by atoms with van der Waals surface area (Å²) in [7, 11) is 0. The number of nitrogens with one attached hydrogen (secondary N) is 1. The number of aromatic amines is 1. The van der Waals surface area contributed by atoms with Crippen molar-refractivity contribution in [1.82, 2.24) is 10.2 Å². The predicted octanol–water partition coefficient (Wildman–Crippen LogP) is 2.80. The molecule has 0 atom stereocenters. The molecule has 1 saturated carbocycles. The van der Waals surface area contributed by atoms with Crippen LogP contribution in [0.25, 0.3) is 11.3 Å². The van der Waals surface area contributed by atoms with Gasteiger partial charge in [0.1, 0.15) is 17.3 Å². The fourth-order valence-corrected chi connectivity index (χ4v) is 3.12. The van der Waals surface area contributed by atoms with E-state index >= 15 is 0 Å². The van der Waals surface area contributed by atoms with Gasteiger partial charge in [-0.25, -0.2) is 0 Å². The van der Waals surface area contributed by atoms with Gasteiger partial charge in [0.05, 0.1) is 17.3 Å². The topological polar surface area (TPSA) is 102 Å². The van der Waals surface area contributed by atoms with E-state index in [-0.39, 0.29) is 6.04 Å². The van der Waals surface area contributed by atoms with Gasteiger partial charge in [0.25, 0.3) is 0 Å². The van der Waals surface area contributed by atoms with E-state index in [0.29, 0.717) is 22.7 Å². The Morgan fingerprint density at radius 2 is 1.91 bits per heavy atom. The summed E-state index contributed by atoms with van der Waals surface area (Å²) in [4.78, 5) is 0. The molecule has 0 radical (unpaired) electrons. The number of hydrogen-bond donors (Lipinski definition) is 2. The standard InChI is InChI=1S/C17H17N5/c18-9-11-2-1-3-13(8-11)17-15(10-19)16(21-22-17)12-4-6-14(20)7-5-12/h1-3,8,12,14H,4-7,20H2,(H,21,22). The van der Waals surface area contributed by atoms with Gasteiger partial charge in [-0.05, 0) is 37.8 Å². The summed E-state index contributed by atoms with van der Waals surface area (Å²) in [6.07, 6.45) is 3.92. The van der Waals surface area contributed by atoms with Crippen molar-refractivity contribution in [3.8, 4) is 23.4 Å². The van der Waals surface area contributed by atoms with Crippen LogP contribution in [-0.2, 0) is 0 Å². The van der Waals surface area contributed by atoms with Crippen LogP contribution in [-0.4, -0.2) is 16.2 Å². The first-order chi connectivity index (χ1) is 10.7. The number of nitrogens with two attached hydrogens (primary N) is 1. The Hall–Kier alpha value is -2.63. The van der Waals surface area contributed by atoms with Crippen LogP contribution >= 0.6 is 0 Å². The highest BCUT2D eigenvalue weighted by atomic mass is 15.1. The van der Waals surface area contributed by atoms with Crippen LogP contribution in [0, 0.1) is 22.7 Å². The normalized spacial score (nSPS) is 21.0. The lowest BCUT2D eigenvalue weighted by molar-refractivity contribution is 0.390. The van der Waals surface area contributed by atoms with E-state index in [0.717, 1.165) is 36.9 Å². The van der Waals surface area contributed by atoms with Crippen molar-refractivity contribution in [3.63, 3.8) is 0 Å². The number of hydrogen-bond acceptors (Lipinski definition) is 4. The van der Waals surface area contributed by atoms with E-state index in [1.165, 1.54) is 0 Å². The fourth-order valence-electron chi connectivity index (χ4n) is 3.12. The molecule has 1 aliphatic carbocycles. The maximum absolute atomic E-state index is 9.56. The molecule has 1 fully saturated rings. The Balaban J connectivity index is 1.97. The maximum Gasteiger partial charge on any atom is 0.110 e. The summed E-state index contributed by atoms with van der Waals surface area (Å²) in [5.74, 6) is 0.315. The Labute approximate surface area is 129 Å². The molecule has 1 heterocycles. The second-order valence-corrected chi connectivity index (χ2v) is 5.78. The zero-order chi connectivity index (χ0) is 15.5. The third-order valence-corrected chi connectivity index (χ3v) is 4.35. The van der Waals surface area contributed by atoms with E-state index in [9.17, 15) is 5.26 Å². The molecule has 5 nitrogen and oxygen atoms in total. The van der Waals surface area contributed by atoms with Gasteiger partial charge in [0.2, 0.25) is 0 Å².